The largest absolute Gasteiger partial charge is 0.497 e. The number of rotatable bonds is 11. The number of hydrogen-bond acceptors (Lipinski definition) is 5. The second-order valence-corrected chi connectivity index (χ2v) is 9.50. The van der Waals surface area contributed by atoms with Crippen molar-refractivity contribution in [1.29, 1.82) is 0 Å². The molecule has 0 unspecified atom stereocenters. The number of methoxy groups -OCH3 is 1. The fourth-order valence-electron chi connectivity index (χ4n) is 5.31. The van der Waals surface area contributed by atoms with Crippen molar-refractivity contribution in [3.63, 3.8) is 0 Å². The topological polar surface area (TPSA) is 75.5 Å². The molecular formula is C28H34FN3O3. The maximum absolute atomic E-state index is 15.4. The van der Waals surface area contributed by atoms with Gasteiger partial charge < -0.3 is 14.7 Å². The van der Waals surface area contributed by atoms with Crippen LogP contribution in [0.5, 0.6) is 5.75 Å². The Hall–Kier alpha value is -3.06. The van der Waals surface area contributed by atoms with Gasteiger partial charge in [-0.25, -0.2) is 4.39 Å². The molecule has 1 N–H and O–H groups in total. The molecule has 186 valence electrons. The zero-order valence-electron chi connectivity index (χ0n) is 20.3. The van der Waals surface area contributed by atoms with Crippen LogP contribution in [0.4, 0.5) is 4.39 Å². The molecule has 7 heteroatoms. The van der Waals surface area contributed by atoms with E-state index in [0.29, 0.717) is 24.2 Å². The minimum Gasteiger partial charge on any atom is -0.497 e. The zero-order chi connectivity index (χ0) is 24.6. The number of alkyl halides is 1. The predicted octanol–water partition coefficient (Wildman–Crippen LogP) is 5.47. The fourth-order valence-corrected chi connectivity index (χ4v) is 5.31. The van der Waals surface area contributed by atoms with E-state index in [2.05, 4.69) is 20.9 Å². The van der Waals surface area contributed by atoms with E-state index in [1.165, 1.54) is 5.56 Å². The van der Waals surface area contributed by atoms with Crippen molar-refractivity contribution in [1.82, 2.24) is 14.9 Å². The van der Waals surface area contributed by atoms with E-state index in [9.17, 15) is 9.90 Å². The van der Waals surface area contributed by atoms with Crippen molar-refractivity contribution in [3.05, 3.63) is 66.1 Å². The minimum absolute atomic E-state index is 0.0427. The molecule has 0 radical (unpaired) electrons. The van der Waals surface area contributed by atoms with E-state index in [-0.39, 0.29) is 18.3 Å². The standard InChI is InChI=1S/C28H34FN3O3/c1-35-23-7-9-27-25(17-23)24(10-13-31-27)26(29)8-6-21-11-15-32(19-22(21)16-28(33)34)14-3-5-20-4-2-12-30-18-20/h2,4,7,9-10,12-13,17-18,21-22,26H,3,5-6,8,11,14-16,19H2,1H3,(H,33,34)/t21-,22+,26+/m1/s1. The Morgan fingerprint density at radius 2 is 2.14 bits per heavy atom. The number of carbonyl (C=O) groups is 1. The molecule has 1 fully saturated rings. The number of carboxylic acid groups (broad SMARTS) is 1. The van der Waals surface area contributed by atoms with Gasteiger partial charge in [-0.1, -0.05) is 6.07 Å². The Kier molecular flexibility index (Phi) is 8.64. The summed E-state index contributed by atoms with van der Waals surface area (Å²) in [4.78, 5) is 22.5. The van der Waals surface area contributed by atoms with E-state index >= 15 is 4.39 Å². The number of likely N-dealkylation sites (tertiary alicyclic amines) is 1. The Balaban J connectivity index is 1.35. The van der Waals surface area contributed by atoms with Crippen LogP contribution in [-0.4, -0.2) is 52.7 Å². The van der Waals surface area contributed by atoms with Gasteiger partial charge in [0.1, 0.15) is 11.9 Å². The Labute approximate surface area is 206 Å². The van der Waals surface area contributed by atoms with Crippen LogP contribution in [0.2, 0.25) is 0 Å². The normalized spacial score (nSPS) is 19.5. The van der Waals surface area contributed by atoms with E-state index in [0.717, 1.165) is 49.8 Å². The van der Waals surface area contributed by atoms with Gasteiger partial charge in [-0.2, -0.15) is 0 Å². The summed E-state index contributed by atoms with van der Waals surface area (Å²) >= 11 is 0. The summed E-state index contributed by atoms with van der Waals surface area (Å²) in [6.45, 7) is 2.63. The minimum atomic E-state index is -1.13. The quantitative estimate of drug-likeness (QED) is 0.393. The highest BCUT2D eigenvalue weighted by molar-refractivity contribution is 5.83. The molecule has 0 amide bonds. The summed E-state index contributed by atoms with van der Waals surface area (Å²) in [5.41, 5.74) is 2.59. The van der Waals surface area contributed by atoms with Crippen molar-refractivity contribution in [2.75, 3.05) is 26.7 Å². The van der Waals surface area contributed by atoms with Gasteiger partial charge in [0.05, 0.1) is 12.6 Å². The number of pyridine rings is 2. The van der Waals surface area contributed by atoms with Crippen molar-refractivity contribution in [3.8, 4) is 5.75 Å². The summed E-state index contributed by atoms with van der Waals surface area (Å²) in [5.74, 6) is 0.153. The van der Waals surface area contributed by atoms with Crippen LogP contribution in [0.3, 0.4) is 0 Å². The number of halogens is 1. The molecule has 0 saturated carbocycles. The van der Waals surface area contributed by atoms with E-state index in [4.69, 9.17) is 4.74 Å². The molecule has 1 saturated heterocycles. The van der Waals surface area contributed by atoms with Crippen LogP contribution in [0, 0.1) is 11.8 Å². The number of fused-ring (bicyclic) bond motifs is 1. The maximum Gasteiger partial charge on any atom is 0.303 e. The lowest BCUT2D eigenvalue weighted by atomic mass is 9.79. The second kappa shape index (κ2) is 12.1. The number of piperidine rings is 1. The van der Waals surface area contributed by atoms with Gasteiger partial charge in [-0.3, -0.25) is 14.8 Å². The molecule has 1 aliphatic heterocycles. The average Bonchev–Trinajstić information content (AvgIpc) is 2.87. The third-order valence-corrected chi connectivity index (χ3v) is 7.19. The molecule has 3 atom stereocenters. The van der Waals surface area contributed by atoms with Crippen molar-refractivity contribution in [2.45, 2.75) is 44.7 Å². The van der Waals surface area contributed by atoms with E-state index in [1.54, 1.807) is 25.6 Å². The number of aryl methyl sites for hydroxylation is 1. The van der Waals surface area contributed by atoms with Gasteiger partial charge in [0.2, 0.25) is 0 Å². The second-order valence-electron chi connectivity index (χ2n) is 9.50. The smallest absolute Gasteiger partial charge is 0.303 e. The Morgan fingerprint density at radius 1 is 1.26 bits per heavy atom. The van der Waals surface area contributed by atoms with Crippen LogP contribution < -0.4 is 4.74 Å². The summed E-state index contributed by atoms with van der Waals surface area (Å²) in [7, 11) is 1.60. The Morgan fingerprint density at radius 3 is 2.91 bits per heavy atom. The first-order chi connectivity index (χ1) is 17.0. The van der Waals surface area contributed by atoms with Gasteiger partial charge in [-0.15, -0.1) is 0 Å². The fraction of sp³-hybridized carbons (Fsp3) is 0.464. The molecule has 1 aromatic carbocycles. The molecule has 3 aromatic rings. The third-order valence-electron chi connectivity index (χ3n) is 7.19. The molecule has 1 aliphatic rings. The first-order valence-corrected chi connectivity index (χ1v) is 12.4. The van der Waals surface area contributed by atoms with Crippen molar-refractivity contribution < 1.29 is 19.0 Å². The van der Waals surface area contributed by atoms with Crippen molar-refractivity contribution in [2.24, 2.45) is 11.8 Å². The van der Waals surface area contributed by atoms with Crippen molar-refractivity contribution >= 4 is 16.9 Å². The molecule has 0 aliphatic carbocycles. The SMILES string of the molecule is COc1ccc2nccc([C@@H](F)CC[C@@H]3CCN(CCCc4cccnc4)C[C@@H]3CC(=O)O)c2c1. The van der Waals surface area contributed by atoms with Crippen LogP contribution in [0.1, 0.15) is 49.4 Å². The van der Waals surface area contributed by atoms with Gasteiger partial charge in [0, 0.05) is 36.9 Å². The molecule has 35 heavy (non-hydrogen) atoms. The van der Waals surface area contributed by atoms with Gasteiger partial charge in [0.15, 0.2) is 0 Å². The molecule has 4 rings (SSSR count). The number of aliphatic carboxylic acids is 1. The molecule has 2 aromatic heterocycles. The third kappa shape index (κ3) is 6.75. The lowest BCUT2D eigenvalue weighted by molar-refractivity contribution is -0.139. The van der Waals surface area contributed by atoms with Gasteiger partial charge in [-0.05, 0) is 98.5 Å². The van der Waals surface area contributed by atoms with Crippen LogP contribution in [-0.2, 0) is 11.2 Å². The molecule has 6 nitrogen and oxygen atoms in total. The number of ether oxygens (including phenoxy) is 1. The van der Waals surface area contributed by atoms with Gasteiger partial charge >= 0.3 is 5.97 Å². The molecule has 3 heterocycles. The first kappa shape index (κ1) is 25.0. The highest BCUT2D eigenvalue weighted by atomic mass is 19.1. The van der Waals surface area contributed by atoms with Crippen LogP contribution in [0.25, 0.3) is 10.9 Å². The number of aromatic nitrogens is 2. The predicted molar refractivity (Wildman–Crippen MR) is 134 cm³/mol. The number of hydrogen-bond donors (Lipinski definition) is 1. The van der Waals surface area contributed by atoms with Crippen LogP contribution in [0.15, 0.2) is 55.0 Å². The summed E-state index contributed by atoms with van der Waals surface area (Å²) in [6.07, 6.45) is 8.26. The number of carboxylic acids is 1. The maximum atomic E-state index is 15.4. The lowest BCUT2D eigenvalue weighted by Gasteiger charge is -2.38. The zero-order valence-corrected chi connectivity index (χ0v) is 20.3. The number of nitrogens with zero attached hydrogens (tertiary/aromatic N) is 3. The summed E-state index contributed by atoms with van der Waals surface area (Å²) in [5, 5.41) is 10.3. The lowest BCUT2D eigenvalue weighted by Crippen LogP contribution is -2.42. The highest BCUT2D eigenvalue weighted by Crippen LogP contribution is 2.36. The first-order valence-electron chi connectivity index (χ1n) is 12.4. The van der Waals surface area contributed by atoms with Gasteiger partial charge in [0.25, 0.3) is 0 Å². The highest BCUT2D eigenvalue weighted by Gasteiger charge is 2.31. The molecule has 0 bridgehead atoms. The molecule has 0 spiro atoms. The summed E-state index contributed by atoms with van der Waals surface area (Å²) in [6, 6.07) is 11.3. The molecular weight excluding hydrogens is 445 g/mol. The summed E-state index contributed by atoms with van der Waals surface area (Å²) < 4.78 is 20.8. The Bertz CT molecular complexity index is 1110. The van der Waals surface area contributed by atoms with E-state index in [1.807, 2.05) is 30.5 Å². The van der Waals surface area contributed by atoms with Crippen LogP contribution >= 0.6 is 0 Å². The average molecular weight is 480 g/mol. The monoisotopic (exact) mass is 479 g/mol. The number of benzene rings is 1. The van der Waals surface area contributed by atoms with E-state index < -0.39 is 12.1 Å².